The van der Waals surface area contributed by atoms with Crippen LogP contribution in [0.4, 0.5) is 0 Å². The number of carbonyl (C=O) groups is 1. The molecule has 0 spiro atoms. The second kappa shape index (κ2) is 8.14. The summed E-state index contributed by atoms with van der Waals surface area (Å²) in [6, 6.07) is 0. The maximum absolute atomic E-state index is 10.5. The zero-order valence-electron chi connectivity index (χ0n) is 10.3. The van der Waals surface area contributed by atoms with E-state index in [-0.39, 0.29) is 41.4 Å². The summed E-state index contributed by atoms with van der Waals surface area (Å²) < 4.78 is 0. The number of hydrogen-bond donors (Lipinski definition) is 0. The van der Waals surface area contributed by atoms with E-state index in [2.05, 4.69) is 12.7 Å². The first-order chi connectivity index (χ1) is 6.39. The molecule has 0 aliphatic heterocycles. The van der Waals surface area contributed by atoms with Crippen LogP contribution in [0.15, 0.2) is 24.3 Å². The first kappa shape index (κ1) is 17.3. The molecule has 0 aliphatic rings. The number of allylic oxidation sites excluding steroid dienone is 3. The van der Waals surface area contributed by atoms with Crippen LogP contribution in [0.5, 0.6) is 0 Å². The Morgan fingerprint density at radius 1 is 1.47 bits per heavy atom. The van der Waals surface area contributed by atoms with Gasteiger partial charge in [0.1, 0.15) is 0 Å². The maximum Gasteiger partial charge on any atom is 1.00 e. The fourth-order valence-electron chi connectivity index (χ4n) is 1.28. The van der Waals surface area contributed by atoms with Crippen molar-refractivity contribution in [3.8, 4) is 0 Å². The molecular weight excluding hydrogens is 199 g/mol. The van der Waals surface area contributed by atoms with E-state index in [0.29, 0.717) is 0 Å². The van der Waals surface area contributed by atoms with Crippen molar-refractivity contribution in [2.24, 2.45) is 5.41 Å². The summed E-state index contributed by atoms with van der Waals surface area (Å²) in [4.78, 5) is 10.5. The zero-order valence-corrected chi connectivity index (χ0v) is 12.3. The van der Waals surface area contributed by atoms with Gasteiger partial charge < -0.3 is 9.90 Å². The van der Waals surface area contributed by atoms with E-state index >= 15 is 0 Å². The van der Waals surface area contributed by atoms with E-state index < -0.39 is 5.97 Å². The van der Waals surface area contributed by atoms with E-state index in [1.54, 1.807) is 6.08 Å². The van der Waals surface area contributed by atoms with E-state index in [1.807, 2.05) is 20.8 Å². The molecule has 0 heterocycles. The van der Waals surface area contributed by atoms with Crippen molar-refractivity contribution in [3.05, 3.63) is 24.3 Å². The predicted octanol–water partition coefficient (Wildman–Crippen LogP) is -0.931. The van der Waals surface area contributed by atoms with Gasteiger partial charge in [0.2, 0.25) is 0 Å². The second-order valence-electron chi connectivity index (χ2n) is 4.23. The molecule has 0 aromatic heterocycles. The third kappa shape index (κ3) is 8.91. The van der Waals surface area contributed by atoms with Crippen molar-refractivity contribution in [3.63, 3.8) is 0 Å². The molecular formula is C12H19NaO2. The first-order valence-electron chi connectivity index (χ1n) is 4.86. The van der Waals surface area contributed by atoms with E-state index in [4.69, 9.17) is 0 Å². The Hall–Kier alpha value is -0.0500. The maximum atomic E-state index is 10.5. The molecule has 0 bridgehead atoms. The monoisotopic (exact) mass is 218 g/mol. The number of carboxylic acid groups (broad SMARTS) is 1. The standard InChI is InChI=1S/C12H20O2.Na/c1-5-12(4,9-11(13)14)8-6-7-10(2)3;/h5,7H,1,6,8-9H2,2-4H3,(H,13,14);/q;+1/p-1. The zero-order chi connectivity index (χ0) is 11.2. The minimum absolute atomic E-state index is 0. The van der Waals surface area contributed by atoms with Crippen LogP contribution in [0.2, 0.25) is 0 Å². The van der Waals surface area contributed by atoms with Crippen LogP contribution in [0, 0.1) is 5.41 Å². The van der Waals surface area contributed by atoms with Crippen LogP contribution < -0.4 is 34.7 Å². The van der Waals surface area contributed by atoms with Crippen LogP contribution in [-0.4, -0.2) is 5.97 Å². The summed E-state index contributed by atoms with van der Waals surface area (Å²) in [5.74, 6) is -1.01. The van der Waals surface area contributed by atoms with Gasteiger partial charge in [-0.25, -0.2) is 0 Å². The molecule has 80 valence electrons. The average Bonchev–Trinajstić information content (AvgIpc) is 2.02. The number of hydrogen-bond acceptors (Lipinski definition) is 2. The molecule has 15 heavy (non-hydrogen) atoms. The SMILES string of the molecule is C=CC(C)(CCC=C(C)C)CC(=O)[O-].[Na+]. The average molecular weight is 218 g/mol. The molecule has 0 rings (SSSR count). The second-order valence-corrected chi connectivity index (χ2v) is 4.23. The minimum atomic E-state index is -1.01. The largest absolute Gasteiger partial charge is 1.00 e. The molecule has 1 unspecified atom stereocenters. The van der Waals surface area contributed by atoms with Crippen LogP contribution in [0.25, 0.3) is 0 Å². The Kier molecular flexibility index (Phi) is 9.42. The molecule has 1 atom stereocenters. The van der Waals surface area contributed by atoms with Crippen molar-refractivity contribution < 1.29 is 39.5 Å². The molecule has 0 aromatic carbocycles. The van der Waals surface area contributed by atoms with E-state index in [0.717, 1.165) is 12.8 Å². The quantitative estimate of drug-likeness (QED) is 0.427. The number of rotatable bonds is 6. The van der Waals surface area contributed by atoms with Crippen molar-refractivity contribution >= 4 is 5.97 Å². The van der Waals surface area contributed by atoms with E-state index in [1.165, 1.54) is 5.57 Å². The summed E-state index contributed by atoms with van der Waals surface area (Å²) in [5.41, 5.74) is 0.912. The smallest absolute Gasteiger partial charge is 0.550 e. The third-order valence-electron chi connectivity index (χ3n) is 2.31. The van der Waals surface area contributed by atoms with Gasteiger partial charge in [-0.2, -0.15) is 0 Å². The Morgan fingerprint density at radius 2 is 2.00 bits per heavy atom. The summed E-state index contributed by atoms with van der Waals surface area (Å²) >= 11 is 0. The molecule has 2 nitrogen and oxygen atoms in total. The molecule has 0 fully saturated rings. The van der Waals surface area contributed by atoms with Gasteiger partial charge in [0.05, 0.1) is 0 Å². The summed E-state index contributed by atoms with van der Waals surface area (Å²) in [5, 5.41) is 10.5. The fraction of sp³-hybridized carbons (Fsp3) is 0.583. The fourth-order valence-corrected chi connectivity index (χ4v) is 1.28. The summed E-state index contributed by atoms with van der Waals surface area (Å²) in [6.07, 6.45) is 5.56. The molecule has 0 N–H and O–H groups in total. The van der Waals surface area contributed by atoms with Gasteiger partial charge >= 0.3 is 29.6 Å². The van der Waals surface area contributed by atoms with Gasteiger partial charge in [0.25, 0.3) is 0 Å². The molecule has 0 amide bonds. The van der Waals surface area contributed by atoms with Crippen molar-refractivity contribution in [2.45, 2.75) is 40.0 Å². The van der Waals surface area contributed by atoms with Crippen LogP contribution in [0.3, 0.4) is 0 Å². The Balaban J connectivity index is 0. The van der Waals surface area contributed by atoms with Gasteiger partial charge in [-0.05, 0) is 38.5 Å². The molecule has 0 aliphatic carbocycles. The molecule has 0 saturated heterocycles. The molecule has 0 saturated carbocycles. The summed E-state index contributed by atoms with van der Waals surface area (Å²) in [6.45, 7) is 9.63. The van der Waals surface area contributed by atoms with Crippen molar-refractivity contribution in [1.29, 1.82) is 0 Å². The Bertz CT molecular complexity index is 242. The normalized spacial score (nSPS) is 13.3. The molecule has 3 heteroatoms. The van der Waals surface area contributed by atoms with Crippen LogP contribution in [-0.2, 0) is 4.79 Å². The number of carbonyl (C=O) groups excluding carboxylic acids is 1. The van der Waals surface area contributed by atoms with Gasteiger partial charge in [-0.1, -0.05) is 24.6 Å². The Labute approximate surface area is 115 Å². The van der Waals surface area contributed by atoms with Gasteiger partial charge in [0, 0.05) is 5.97 Å². The first-order valence-corrected chi connectivity index (χ1v) is 4.86. The van der Waals surface area contributed by atoms with Crippen LogP contribution >= 0.6 is 0 Å². The van der Waals surface area contributed by atoms with E-state index in [9.17, 15) is 9.90 Å². The predicted molar refractivity (Wildman–Crippen MR) is 56.6 cm³/mol. The van der Waals surface area contributed by atoms with Crippen molar-refractivity contribution in [1.82, 2.24) is 0 Å². The topological polar surface area (TPSA) is 40.1 Å². The number of carboxylic acids is 1. The Morgan fingerprint density at radius 3 is 2.33 bits per heavy atom. The van der Waals surface area contributed by atoms with Crippen molar-refractivity contribution in [2.75, 3.05) is 0 Å². The van der Waals surface area contributed by atoms with Crippen LogP contribution in [0.1, 0.15) is 40.0 Å². The molecule has 0 aromatic rings. The molecule has 0 radical (unpaired) electrons. The number of aliphatic carboxylic acids is 1. The van der Waals surface area contributed by atoms with Gasteiger partial charge in [-0.3, -0.25) is 0 Å². The van der Waals surface area contributed by atoms with Gasteiger partial charge in [0.15, 0.2) is 0 Å². The summed E-state index contributed by atoms with van der Waals surface area (Å²) in [7, 11) is 0. The third-order valence-corrected chi connectivity index (χ3v) is 2.31. The minimum Gasteiger partial charge on any atom is -0.550 e. The van der Waals surface area contributed by atoms with Gasteiger partial charge in [-0.15, -0.1) is 6.58 Å².